The zero-order chi connectivity index (χ0) is 22.4. The highest BCUT2D eigenvalue weighted by Crippen LogP contribution is 2.31. The number of rotatable bonds is 8. The number of carboxylic acids is 1. The van der Waals surface area contributed by atoms with Crippen LogP contribution in [-0.2, 0) is 20.9 Å². The minimum Gasteiger partial charge on any atom is -0.479 e. The van der Waals surface area contributed by atoms with Crippen molar-refractivity contribution in [3.63, 3.8) is 0 Å². The van der Waals surface area contributed by atoms with Gasteiger partial charge < -0.3 is 19.1 Å². The van der Waals surface area contributed by atoms with Crippen LogP contribution in [0, 0.1) is 6.92 Å². The third kappa shape index (κ3) is 5.70. The number of nitrogens with one attached hydrogen (secondary N) is 1. The van der Waals surface area contributed by atoms with Crippen molar-refractivity contribution in [2.45, 2.75) is 39.6 Å². The smallest absolute Gasteiger partial charge is 0.412 e. The van der Waals surface area contributed by atoms with Gasteiger partial charge in [-0.2, -0.15) is 0 Å². The Morgan fingerprint density at radius 2 is 1.77 bits per heavy atom. The van der Waals surface area contributed by atoms with E-state index in [0.717, 1.165) is 11.1 Å². The second-order valence-corrected chi connectivity index (χ2v) is 7.04. The lowest BCUT2D eigenvalue weighted by Crippen LogP contribution is -2.19. The molecule has 0 spiro atoms. The highest BCUT2D eigenvalue weighted by atomic mass is 16.6. The second kappa shape index (κ2) is 9.90. The first-order chi connectivity index (χ1) is 14.8. The molecule has 2 aromatic carbocycles. The first-order valence-electron chi connectivity index (χ1n) is 9.77. The Morgan fingerprint density at radius 3 is 2.42 bits per heavy atom. The Kier molecular flexibility index (Phi) is 7.04. The van der Waals surface area contributed by atoms with E-state index in [2.05, 4.69) is 10.5 Å². The lowest BCUT2D eigenvalue weighted by Gasteiger charge is -2.14. The predicted octanol–water partition coefficient (Wildman–Crippen LogP) is 4.95. The average molecular weight is 424 g/mol. The summed E-state index contributed by atoms with van der Waals surface area (Å²) in [5.41, 5.74) is 3.33. The van der Waals surface area contributed by atoms with Crippen molar-refractivity contribution in [2.24, 2.45) is 0 Å². The van der Waals surface area contributed by atoms with Crippen molar-refractivity contribution < 1.29 is 28.7 Å². The number of aliphatic carboxylic acids is 1. The van der Waals surface area contributed by atoms with E-state index < -0.39 is 24.3 Å². The summed E-state index contributed by atoms with van der Waals surface area (Å²) in [6, 6.07) is 16.6. The zero-order valence-electron chi connectivity index (χ0n) is 17.5. The maximum Gasteiger partial charge on any atom is 0.412 e. The third-order valence-electron chi connectivity index (χ3n) is 4.71. The molecule has 31 heavy (non-hydrogen) atoms. The summed E-state index contributed by atoms with van der Waals surface area (Å²) in [6.45, 7) is 5.16. The number of hydrogen-bond acceptors (Lipinski definition) is 6. The molecule has 0 aliphatic carbocycles. The number of carboxylic acid groups (broad SMARTS) is 1. The summed E-state index contributed by atoms with van der Waals surface area (Å²) in [5.74, 6) is -0.619. The summed E-state index contributed by atoms with van der Waals surface area (Å²) in [5, 5.41) is 15.6. The standard InChI is InChI=1S/C23H24N2O6/c1-14-20(24-23(28)30-15(2)18-7-5-4-6-8-18)21(31-25-14)19-11-9-17(10-12-19)13-29-16(3)22(26)27/h4-12,15-16H,13H2,1-3H3,(H,24,28)(H,26,27)/t15-,16?/m1/s1. The van der Waals surface area contributed by atoms with Gasteiger partial charge in [0.1, 0.15) is 17.5 Å². The fourth-order valence-electron chi connectivity index (χ4n) is 2.84. The van der Waals surface area contributed by atoms with E-state index in [1.807, 2.05) is 30.3 Å². The van der Waals surface area contributed by atoms with Gasteiger partial charge >= 0.3 is 12.1 Å². The first-order valence-corrected chi connectivity index (χ1v) is 9.77. The summed E-state index contributed by atoms with van der Waals surface area (Å²) in [6.07, 6.45) is -1.93. The van der Waals surface area contributed by atoms with Gasteiger partial charge in [0.05, 0.1) is 6.61 Å². The lowest BCUT2D eigenvalue weighted by atomic mass is 10.1. The maximum absolute atomic E-state index is 12.4. The monoisotopic (exact) mass is 424 g/mol. The van der Waals surface area contributed by atoms with Crippen LogP contribution in [0.2, 0.25) is 0 Å². The molecule has 0 fully saturated rings. The molecule has 0 saturated carbocycles. The molecule has 1 aromatic heterocycles. The van der Waals surface area contributed by atoms with Gasteiger partial charge in [-0.25, -0.2) is 9.59 Å². The minimum absolute atomic E-state index is 0.165. The predicted molar refractivity (Wildman–Crippen MR) is 114 cm³/mol. The highest BCUT2D eigenvalue weighted by molar-refractivity contribution is 5.90. The largest absolute Gasteiger partial charge is 0.479 e. The Bertz CT molecular complexity index is 1030. The molecule has 3 rings (SSSR count). The molecule has 1 heterocycles. The number of carbonyl (C=O) groups is 2. The summed E-state index contributed by atoms with van der Waals surface area (Å²) < 4.78 is 16.2. The van der Waals surface area contributed by atoms with E-state index in [9.17, 15) is 9.59 Å². The molecule has 2 N–H and O–H groups in total. The van der Waals surface area contributed by atoms with Gasteiger partial charge in [-0.15, -0.1) is 0 Å². The molecule has 8 nitrogen and oxygen atoms in total. The number of carbonyl (C=O) groups excluding carboxylic acids is 1. The van der Waals surface area contributed by atoms with Crippen molar-refractivity contribution >= 4 is 17.7 Å². The van der Waals surface area contributed by atoms with E-state index in [1.54, 1.807) is 38.1 Å². The van der Waals surface area contributed by atoms with Crippen molar-refractivity contribution in [3.8, 4) is 11.3 Å². The van der Waals surface area contributed by atoms with Crippen LogP contribution in [0.3, 0.4) is 0 Å². The van der Waals surface area contributed by atoms with Gasteiger partial charge in [-0.3, -0.25) is 5.32 Å². The van der Waals surface area contributed by atoms with E-state index >= 15 is 0 Å². The van der Waals surface area contributed by atoms with E-state index in [0.29, 0.717) is 22.7 Å². The molecule has 1 amide bonds. The lowest BCUT2D eigenvalue weighted by molar-refractivity contribution is -0.149. The summed E-state index contributed by atoms with van der Waals surface area (Å²) in [4.78, 5) is 23.3. The van der Waals surface area contributed by atoms with Gasteiger partial charge in [-0.1, -0.05) is 59.8 Å². The van der Waals surface area contributed by atoms with Crippen LogP contribution in [-0.4, -0.2) is 28.4 Å². The number of aryl methyl sites for hydroxylation is 1. The summed E-state index contributed by atoms with van der Waals surface area (Å²) in [7, 11) is 0. The molecule has 0 aliphatic heterocycles. The van der Waals surface area contributed by atoms with Gasteiger partial charge in [0.2, 0.25) is 0 Å². The van der Waals surface area contributed by atoms with Gasteiger partial charge in [-0.05, 0) is 31.9 Å². The molecule has 0 saturated heterocycles. The SMILES string of the molecule is Cc1noc(-c2ccc(COC(C)C(=O)O)cc2)c1NC(=O)O[C@H](C)c1ccccc1. The Hall–Kier alpha value is -3.65. The highest BCUT2D eigenvalue weighted by Gasteiger charge is 2.20. The van der Waals surface area contributed by atoms with Crippen molar-refractivity contribution in [2.75, 3.05) is 5.32 Å². The van der Waals surface area contributed by atoms with Gasteiger partial charge in [0, 0.05) is 5.56 Å². The molecule has 0 bridgehead atoms. The first kappa shape index (κ1) is 22.0. The van der Waals surface area contributed by atoms with Crippen LogP contribution in [0.15, 0.2) is 59.1 Å². The molecule has 2 atom stereocenters. The number of nitrogens with zero attached hydrogens (tertiary/aromatic N) is 1. The Labute approximate surface area is 179 Å². The summed E-state index contributed by atoms with van der Waals surface area (Å²) >= 11 is 0. The Morgan fingerprint density at radius 1 is 1.10 bits per heavy atom. The van der Waals surface area contributed by atoms with Crippen molar-refractivity contribution in [1.29, 1.82) is 0 Å². The maximum atomic E-state index is 12.4. The van der Waals surface area contributed by atoms with Crippen LogP contribution in [0.25, 0.3) is 11.3 Å². The molecule has 162 valence electrons. The van der Waals surface area contributed by atoms with E-state index in [-0.39, 0.29) is 6.61 Å². The van der Waals surface area contributed by atoms with Crippen LogP contribution >= 0.6 is 0 Å². The molecule has 0 aliphatic rings. The second-order valence-electron chi connectivity index (χ2n) is 7.04. The number of hydrogen-bond donors (Lipinski definition) is 2. The fourth-order valence-corrected chi connectivity index (χ4v) is 2.84. The molecule has 8 heteroatoms. The molecular weight excluding hydrogens is 400 g/mol. The molecular formula is C23H24N2O6. The molecule has 0 radical (unpaired) electrons. The number of aromatic nitrogens is 1. The zero-order valence-corrected chi connectivity index (χ0v) is 17.5. The van der Waals surface area contributed by atoms with Crippen LogP contribution < -0.4 is 5.32 Å². The quantitative estimate of drug-likeness (QED) is 0.526. The fraction of sp³-hybridized carbons (Fsp3) is 0.261. The number of anilines is 1. The number of ether oxygens (including phenoxy) is 2. The normalized spacial score (nSPS) is 12.7. The topological polar surface area (TPSA) is 111 Å². The van der Waals surface area contributed by atoms with Crippen molar-refractivity contribution in [3.05, 3.63) is 71.4 Å². The van der Waals surface area contributed by atoms with Crippen LogP contribution in [0.5, 0.6) is 0 Å². The third-order valence-corrected chi connectivity index (χ3v) is 4.71. The Balaban J connectivity index is 1.67. The van der Waals surface area contributed by atoms with E-state index in [1.165, 1.54) is 6.92 Å². The molecule has 3 aromatic rings. The minimum atomic E-state index is -1.02. The van der Waals surface area contributed by atoms with Crippen LogP contribution in [0.4, 0.5) is 10.5 Å². The van der Waals surface area contributed by atoms with Crippen molar-refractivity contribution in [1.82, 2.24) is 5.16 Å². The van der Waals surface area contributed by atoms with E-state index in [4.69, 9.17) is 19.1 Å². The average Bonchev–Trinajstić information content (AvgIpc) is 3.12. The van der Waals surface area contributed by atoms with Gasteiger partial charge in [0.25, 0.3) is 0 Å². The number of benzene rings is 2. The van der Waals surface area contributed by atoms with Crippen LogP contribution in [0.1, 0.15) is 36.8 Å². The number of amides is 1. The molecule has 1 unspecified atom stereocenters. The van der Waals surface area contributed by atoms with Gasteiger partial charge in [0.15, 0.2) is 11.9 Å².